The Morgan fingerprint density at radius 1 is 0.318 bits per heavy atom. The van der Waals surface area contributed by atoms with Gasteiger partial charge in [0.25, 0.3) is 0 Å². The van der Waals surface area contributed by atoms with Crippen LogP contribution in [0.3, 0.4) is 0 Å². The highest BCUT2D eigenvalue weighted by Crippen LogP contribution is 2.19. The summed E-state index contributed by atoms with van der Waals surface area (Å²) in [7, 11) is 0. The van der Waals surface area contributed by atoms with Crippen LogP contribution >= 0.6 is 0 Å². The molecule has 3 N–H and O–H groups in total. The molecule has 6 heteroatoms. The molecule has 0 radical (unpaired) electrons. The molecule has 6 nitrogen and oxygen atoms in total. The van der Waals surface area contributed by atoms with Gasteiger partial charge in [-0.25, -0.2) is 0 Å². The second kappa shape index (κ2) is 77.3. The molecule has 0 bridgehead atoms. The molecule has 0 fully saturated rings. The molecule has 2 atom stereocenters. The summed E-state index contributed by atoms with van der Waals surface area (Å²) in [4.78, 5) is 24.6. The Bertz CT molecular complexity index is 1470. The Morgan fingerprint density at radius 2 is 0.568 bits per heavy atom. The number of nitrogens with one attached hydrogen (secondary N) is 1. The molecular weight excluding hydrogens is 1080 g/mol. The average molecular weight is 1240 g/mol. The van der Waals surface area contributed by atoms with E-state index in [4.69, 9.17) is 4.74 Å². The quantitative estimate of drug-likeness (QED) is 0.0320. The summed E-state index contributed by atoms with van der Waals surface area (Å²) in [5.74, 6) is -0.0529. The lowest BCUT2D eigenvalue weighted by molar-refractivity contribution is -0.143. The summed E-state index contributed by atoms with van der Waals surface area (Å²) in [5.41, 5.74) is 0. The van der Waals surface area contributed by atoms with Crippen LogP contribution in [0, 0.1) is 0 Å². The fourth-order valence-corrected chi connectivity index (χ4v) is 12.5. The third-order valence-corrected chi connectivity index (χ3v) is 18.6. The molecule has 2 unspecified atom stereocenters. The SMILES string of the molecule is CCCCCCC/C=C\CCCCCCCC(=O)OCCCCCCCCCCCCC/C=C\C/C=C\CCCCCCCCCCCCCCCCCCCC(=O)NC(CO)C(O)/C=C/CCCCCCCCCCCCCCCCCCCCCC. The van der Waals surface area contributed by atoms with Gasteiger partial charge in [0.05, 0.1) is 25.4 Å². The Kier molecular flexibility index (Phi) is 75.4. The van der Waals surface area contributed by atoms with Crippen LogP contribution in [-0.4, -0.2) is 47.4 Å². The summed E-state index contributed by atoms with van der Waals surface area (Å²) < 4.78 is 5.49. The molecule has 0 heterocycles. The monoisotopic (exact) mass is 1230 g/mol. The minimum atomic E-state index is -0.845. The van der Waals surface area contributed by atoms with Crippen LogP contribution in [-0.2, 0) is 14.3 Å². The van der Waals surface area contributed by atoms with E-state index in [0.717, 1.165) is 51.4 Å². The van der Waals surface area contributed by atoms with Gasteiger partial charge in [0, 0.05) is 12.8 Å². The predicted octanol–water partition coefficient (Wildman–Crippen LogP) is 26.4. The van der Waals surface area contributed by atoms with Crippen LogP contribution in [0.15, 0.2) is 48.6 Å². The molecule has 0 spiro atoms. The van der Waals surface area contributed by atoms with Crippen LogP contribution < -0.4 is 5.32 Å². The third kappa shape index (κ3) is 72.9. The fourth-order valence-electron chi connectivity index (χ4n) is 12.5. The van der Waals surface area contributed by atoms with Crippen molar-refractivity contribution in [2.75, 3.05) is 13.2 Å². The van der Waals surface area contributed by atoms with Crippen molar-refractivity contribution >= 4 is 11.9 Å². The molecule has 1 amide bonds. The van der Waals surface area contributed by atoms with Crippen LogP contribution in [0.5, 0.6) is 0 Å². The zero-order valence-electron chi connectivity index (χ0n) is 59.5. The summed E-state index contributed by atoms with van der Waals surface area (Å²) in [5, 5.41) is 23.3. The Morgan fingerprint density at radius 3 is 0.875 bits per heavy atom. The number of carbonyl (C=O) groups excluding carboxylic acids is 2. The van der Waals surface area contributed by atoms with Gasteiger partial charge in [-0.2, -0.15) is 0 Å². The van der Waals surface area contributed by atoms with Crippen LogP contribution in [0.2, 0.25) is 0 Å². The van der Waals surface area contributed by atoms with Gasteiger partial charge in [-0.3, -0.25) is 9.59 Å². The van der Waals surface area contributed by atoms with Crippen molar-refractivity contribution in [2.45, 2.75) is 450 Å². The third-order valence-electron chi connectivity index (χ3n) is 18.6. The maximum atomic E-state index is 12.5. The zero-order valence-corrected chi connectivity index (χ0v) is 59.5. The number of amides is 1. The van der Waals surface area contributed by atoms with E-state index in [9.17, 15) is 19.8 Å². The number of allylic oxidation sites excluding steroid dienone is 7. The number of hydrogen-bond donors (Lipinski definition) is 3. The number of rotatable bonds is 75. The number of unbranched alkanes of at least 4 members (excludes halogenated alkanes) is 58. The van der Waals surface area contributed by atoms with Crippen molar-refractivity contribution in [3.05, 3.63) is 48.6 Å². The van der Waals surface area contributed by atoms with Gasteiger partial charge in [-0.15, -0.1) is 0 Å². The van der Waals surface area contributed by atoms with Crippen LogP contribution in [0.1, 0.15) is 438 Å². The summed E-state index contributed by atoms with van der Waals surface area (Å²) in [6, 6.07) is -0.628. The maximum absolute atomic E-state index is 12.5. The van der Waals surface area contributed by atoms with E-state index in [1.807, 2.05) is 6.08 Å². The highest BCUT2D eigenvalue weighted by Gasteiger charge is 2.18. The topological polar surface area (TPSA) is 95.9 Å². The first-order chi connectivity index (χ1) is 43.5. The molecular formula is C82H155NO5. The summed E-state index contributed by atoms with van der Waals surface area (Å²) in [6.07, 6.45) is 102. The van der Waals surface area contributed by atoms with Gasteiger partial charge in [-0.05, 0) is 89.9 Å². The van der Waals surface area contributed by atoms with Gasteiger partial charge < -0.3 is 20.3 Å². The maximum Gasteiger partial charge on any atom is 0.305 e. The first-order valence-corrected chi connectivity index (χ1v) is 39.9. The lowest BCUT2D eigenvalue weighted by atomic mass is 10.0. The van der Waals surface area contributed by atoms with Crippen LogP contribution in [0.25, 0.3) is 0 Å². The molecule has 0 saturated heterocycles. The van der Waals surface area contributed by atoms with Gasteiger partial charge in [-0.1, -0.05) is 383 Å². The van der Waals surface area contributed by atoms with Gasteiger partial charge in [0.2, 0.25) is 5.91 Å². The first kappa shape index (κ1) is 85.8. The van der Waals surface area contributed by atoms with Gasteiger partial charge >= 0.3 is 5.97 Å². The van der Waals surface area contributed by atoms with Crippen molar-refractivity contribution in [3.63, 3.8) is 0 Å². The molecule has 0 aliphatic rings. The zero-order chi connectivity index (χ0) is 63.5. The summed E-state index contributed by atoms with van der Waals surface area (Å²) >= 11 is 0. The van der Waals surface area contributed by atoms with E-state index in [-0.39, 0.29) is 18.5 Å². The van der Waals surface area contributed by atoms with Crippen molar-refractivity contribution in [1.82, 2.24) is 5.32 Å². The van der Waals surface area contributed by atoms with E-state index in [1.54, 1.807) is 6.08 Å². The molecule has 88 heavy (non-hydrogen) atoms. The van der Waals surface area contributed by atoms with E-state index >= 15 is 0 Å². The van der Waals surface area contributed by atoms with Crippen molar-refractivity contribution in [2.24, 2.45) is 0 Å². The normalized spacial score (nSPS) is 12.7. The molecule has 518 valence electrons. The number of aliphatic hydroxyl groups excluding tert-OH is 2. The fraction of sp³-hybridized carbons (Fsp3) is 0.878. The minimum Gasteiger partial charge on any atom is -0.466 e. The largest absolute Gasteiger partial charge is 0.466 e. The molecule has 0 aliphatic carbocycles. The Balaban J connectivity index is 3.40. The number of hydrogen-bond acceptors (Lipinski definition) is 5. The lowest BCUT2D eigenvalue weighted by Gasteiger charge is -2.20. The van der Waals surface area contributed by atoms with Crippen molar-refractivity contribution in [3.8, 4) is 0 Å². The average Bonchev–Trinajstić information content (AvgIpc) is 3.58. The second-order valence-corrected chi connectivity index (χ2v) is 27.4. The first-order valence-electron chi connectivity index (χ1n) is 39.9. The standard InChI is InChI=1S/C82H155NO5/c1-3-5-7-9-11-13-15-17-19-20-21-22-38-41-44-47-50-54-58-62-66-70-74-80(85)79(78-84)83-81(86)75-71-67-63-59-55-51-48-45-42-39-36-34-32-30-28-26-24-23-25-27-29-31-33-35-37-40-43-46-49-53-57-61-65-69-73-77-88-82(87)76-72-68-64-60-56-52-18-16-14-12-10-8-6-4-2/h16,18,25,27,31,33,70,74,79-80,84-85H,3-15,17,19-24,26,28-30,32,34-69,71-73,75-78H2,1-2H3,(H,83,86)/b18-16-,27-25-,33-31-,74-70+. The number of esters is 1. The molecule has 0 aromatic heterocycles. The number of carbonyl (C=O) groups is 2. The molecule has 0 aromatic rings. The predicted molar refractivity (Wildman–Crippen MR) is 389 cm³/mol. The molecule has 0 rings (SSSR count). The Hall–Kier alpha value is -2.18. The van der Waals surface area contributed by atoms with Gasteiger partial charge in [0.1, 0.15) is 0 Å². The van der Waals surface area contributed by atoms with Crippen LogP contribution in [0.4, 0.5) is 0 Å². The summed E-state index contributed by atoms with van der Waals surface area (Å²) in [6.45, 7) is 4.93. The Labute approximate surface area is 550 Å². The smallest absolute Gasteiger partial charge is 0.305 e. The lowest BCUT2D eigenvalue weighted by Crippen LogP contribution is -2.45. The second-order valence-electron chi connectivity index (χ2n) is 27.4. The molecule has 0 aliphatic heterocycles. The highest BCUT2D eigenvalue weighted by molar-refractivity contribution is 5.76. The highest BCUT2D eigenvalue weighted by atomic mass is 16.5. The van der Waals surface area contributed by atoms with E-state index in [2.05, 4.69) is 55.6 Å². The van der Waals surface area contributed by atoms with Gasteiger partial charge in [0.15, 0.2) is 0 Å². The minimum absolute atomic E-state index is 0.00841. The van der Waals surface area contributed by atoms with Crippen molar-refractivity contribution < 1.29 is 24.5 Å². The van der Waals surface area contributed by atoms with E-state index in [0.29, 0.717) is 19.4 Å². The van der Waals surface area contributed by atoms with Crippen molar-refractivity contribution in [1.29, 1.82) is 0 Å². The van der Waals surface area contributed by atoms with E-state index < -0.39 is 12.1 Å². The number of aliphatic hydroxyl groups is 2. The molecule has 0 aromatic carbocycles. The molecule has 0 saturated carbocycles. The number of ether oxygens (including phenoxy) is 1. The van der Waals surface area contributed by atoms with E-state index in [1.165, 1.54) is 360 Å².